The second-order valence-corrected chi connectivity index (χ2v) is 9.00. The Morgan fingerprint density at radius 3 is 2.32 bits per heavy atom. The van der Waals surface area contributed by atoms with Crippen LogP contribution in [-0.2, 0) is 9.59 Å². The monoisotopic (exact) mass is 464 g/mol. The molecule has 0 aromatic carbocycles. The van der Waals surface area contributed by atoms with E-state index >= 15 is 0 Å². The predicted octanol–water partition coefficient (Wildman–Crippen LogP) is 6.89. The minimum atomic E-state index is -0.0600. The zero-order valence-corrected chi connectivity index (χ0v) is 21.4. The summed E-state index contributed by atoms with van der Waals surface area (Å²) in [5, 5.41) is 7.97. The maximum atomic E-state index is 12.6. The van der Waals surface area contributed by atoms with Crippen LogP contribution in [0.4, 0.5) is 0 Å². The Balaban J connectivity index is 0.000000479. The zero-order chi connectivity index (χ0) is 25.5. The van der Waals surface area contributed by atoms with Crippen molar-refractivity contribution in [2.24, 2.45) is 5.92 Å². The van der Waals surface area contributed by atoms with Gasteiger partial charge in [-0.2, -0.15) is 5.10 Å². The van der Waals surface area contributed by atoms with Gasteiger partial charge >= 0.3 is 0 Å². The molecule has 0 saturated heterocycles. The van der Waals surface area contributed by atoms with Crippen LogP contribution in [0.25, 0.3) is 0 Å². The minimum Gasteiger partial charge on any atom is -0.300 e. The third kappa shape index (κ3) is 10.3. The molecule has 5 nitrogen and oxygen atoms in total. The molecular weight excluding hydrogens is 424 g/mol. The van der Waals surface area contributed by atoms with E-state index in [1.807, 2.05) is 32.9 Å². The van der Waals surface area contributed by atoms with Gasteiger partial charge < -0.3 is 0 Å². The Morgan fingerprint density at radius 1 is 1.09 bits per heavy atom. The van der Waals surface area contributed by atoms with Crippen LogP contribution in [0.15, 0.2) is 59.7 Å². The van der Waals surface area contributed by atoms with Crippen molar-refractivity contribution in [3.05, 3.63) is 71.1 Å². The molecule has 1 aliphatic carbocycles. The molecule has 5 heteroatoms. The summed E-state index contributed by atoms with van der Waals surface area (Å²) < 4.78 is 0. The summed E-state index contributed by atoms with van der Waals surface area (Å²) in [6, 6.07) is 3.56. The SMILES string of the molecule is C=C(C)CCCC(=O)CCCC(CCC)C(=O)c1ccc(C)nn1.C=CC1=C(C=O)CC=C1C. The van der Waals surface area contributed by atoms with Crippen LogP contribution >= 0.6 is 0 Å². The fraction of sp³-hybridized carbons (Fsp3) is 0.483. The molecule has 1 aliphatic rings. The molecule has 0 amide bonds. The summed E-state index contributed by atoms with van der Waals surface area (Å²) in [6.07, 6.45) is 11.7. The fourth-order valence-electron chi connectivity index (χ4n) is 3.89. The van der Waals surface area contributed by atoms with Crippen molar-refractivity contribution in [2.75, 3.05) is 0 Å². The molecule has 0 aliphatic heterocycles. The van der Waals surface area contributed by atoms with Gasteiger partial charge in [0.1, 0.15) is 17.8 Å². The third-order valence-electron chi connectivity index (χ3n) is 5.87. The number of ketones is 2. The molecule has 0 radical (unpaired) electrons. The van der Waals surface area contributed by atoms with Crippen LogP contribution < -0.4 is 0 Å². The summed E-state index contributed by atoms with van der Waals surface area (Å²) >= 11 is 0. The lowest BCUT2D eigenvalue weighted by atomic mass is 9.90. The summed E-state index contributed by atoms with van der Waals surface area (Å²) in [6.45, 7) is 15.4. The predicted molar refractivity (Wildman–Crippen MR) is 139 cm³/mol. The summed E-state index contributed by atoms with van der Waals surface area (Å²) in [4.78, 5) is 34.9. The number of nitrogens with zero attached hydrogens (tertiary/aromatic N) is 2. The molecule has 1 heterocycles. The van der Waals surface area contributed by atoms with Crippen molar-refractivity contribution in [1.29, 1.82) is 0 Å². The second-order valence-electron chi connectivity index (χ2n) is 9.00. The summed E-state index contributed by atoms with van der Waals surface area (Å²) in [5.74, 6) is 0.281. The van der Waals surface area contributed by atoms with Crippen molar-refractivity contribution in [1.82, 2.24) is 10.2 Å². The number of hydrogen-bond donors (Lipinski definition) is 0. The maximum absolute atomic E-state index is 12.6. The third-order valence-corrected chi connectivity index (χ3v) is 5.87. The van der Waals surface area contributed by atoms with Gasteiger partial charge in [-0.15, -0.1) is 11.7 Å². The van der Waals surface area contributed by atoms with E-state index in [1.54, 1.807) is 12.1 Å². The topological polar surface area (TPSA) is 77.0 Å². The number of carbonyl (C=O) groups excluding carboxylic acids is 3. The van der Waals surface area contributed by atoms with E-state index in [1.165, 1.54) is 0 Å². The number of carbonyl (C=O) groups is 3. The highest BCUT2D eigenvalue weighted by Crippen LogP contribution is 2.24. The van der Waals surface area contributed by atoms with Crippen LogP contribution in [0.5, 0.6) is 0 Å². The lowest BCUT2D eigenvalue weighted by molar-refractivity contribution is -0.119. The highest BCUT2D eigenvalue weighted by atomic mass is 16.1. The number of Topliss-reactive ketones (excluding diaryl/α,β-unsaturated/α-hetero) is 2. The Morgan fingerprint density at radius 2 is 1.79 bits per heavy atom. The van der Waals surface area contributed by atoms with Gasteiger partial charge in [-0.3, -0.25) is 14.4 Å². The molecular formula is C29H40N2O3. The molecule has 0 saturated carbocycles. The molecule has 1 unspecified atom stereocenters. The Hall–Kier alpha value is -2.95. The standard InChI is InChI=1S/C20H30N2O2.C9H10O/c1-5-8-17(20(24)19-14-13-16(4)21-22-19)10-7-12-18(23)11-6-9-15(2)3;1-3-9-7(2)4-5-8(9)6-10/h13-14,17H,2,5-12H2,1,3-4H3;3-4,6H,1,5H2,2H3. The highest BCUT2D eigenvalue weighted by molar-refractivity contribution is 5.95. The van der Waals surface area contributed by atoms with Crippen molar-refractivity contribution < 1.29 is 14.4 Å². The highest BCUT2D eigenvalue weighted by Gasteiger charge is 2.21. The maximum Gasteiger partial charge on any atom is 0.186 e. The van der Waals surface area contributed by atoms with E-state index in [-0.39, 0.29) is 17.5 Å². The van der Waals surface area contributed by atoms with Crippen LogP contribution in [0.1, 0.15) is 94.7 Å². The largest absolute Gasteiger partial charge is 0.300 e. The van der Waals surface area contributed by atoms with Gasteiger partial charge in [0, 0.05) is 24.3 Å². The lowest BCUT2D eigenvalue weighted by Crippen LogP contribution is -2.17. The molecule has 2 rings (SSSR count). The van der Waals surface area contributed by atoms with Gasteiger partial charge in [-0.25, -0.2) is 0 Å². The first-order chi connectivity index (χ1) is 16.2. The van der Waals surface area contributed by atoms with Crippen LogP contribution in [0.3, 0.4) is 0 Å². The molecule has 1 aromatic heterocycles. The molecule has 0 fully saturated rings. The first-order valence-corrected chi connectivity index (χ1v) is 12.2. The first kappa shape index (κ1) is 29.1. The van der Waals surface area contributed by atoms with Crippen LogP contribution in [-0.4, -0.2) is 28.1 Å². The quantitative estimate of drug-likeness (QED) is 0.170. The average molecular weight is 465 g/mol. The van der Waals surface area contributed by atoms with E-state index < -0.39 is 0 Å². The van der Waals surface area contributed by atoms with Crippen LogP contribution in [0, 0.1) is 12.8 Å². The van der Waals surface area contributed by atoms with Crippen molar-refractivity contribution in [3.63, 3.8) is 0 Å². The van der Waals surface area contributed by atoms with E-state index in [0.717, 1.165) is 79.2 Å². The molecule has 0 spiro atoms. The van der Waals surface area contributed by atoms with Crippen molar-refractivity contribution in [2.45, 2.75) is 85.5 Å². The van der Waals surface area contributed by atoms with Crippen LogP contribution in [0.2, 0.25) is 0 Å². The summed E-state index contributed by atoms with van der Waals surface area (Å²) in [7, 11) is 0. The van der Waals surface area contributed by atoms with E-state index in [4.69, 9.17) is 0 Å². The number of rotatable bonds is 14. The minimum absolute atomic E-state index is 0.0547. The fourth-order valence-corrected chi connectivity index (χ4v) is 3.89. The van der Waals surface area contributed by atoms with Gasteiger partial charge in [-0.05, 0) is 82.6 Å². The van der Waals surface area contributed by atoms with Gasteiger partial charge in [0.05, 0.1) is 5.69 Å². The number of allylic oxidation sites excluding steroid dienone is 6. The smallest absolute Gasteiger partial charge is 0.186 e. The lowest BCUT2D eigenvalue weighted by Gasteiger charge is -2.14. The number of aromatic nitrogens is 2. The van der Waals surface area contributed by atoms with E-state index in [2.05, 4.69) is 30.3 Å². The van der Waals surface area contributed by atoms with E-state index in [9.17, 15) is 14.4 Å². The Labute approximate surface area is 205 Å². The molecule has 0 bridgehead atoms. The van der Waals surface area contributed by atoms with E-state index in [0.29, 0.717) is 18.5 Å². The number of hydrogen-bond acceptors (Lipinski definition) is 5. The normalized spacial score (nSPS) is 13.5. The van der Waals surface area contributed by atoms with Crippen molar-refractivity contribution >= 4 is 17.9 Å². The second kappa shape index (κ2) is 15.8. The zero-order valence-electron chi connectivity index (χ0n) is 21.4. The summed E-state index contributed by atoms with van der Waals surface area (Å²) in [5.41, 5.74) is 5.39. The molecule has 34 heavy (non-hydrogen) atoms. The Kier molecular flexibility index (Phi) is 13.5. The van der Waals surface area contributed by atoms with Crippen molar-refractivity contribution in [3.8, 4) is 0 Å². The number of aldehydes is 1. The first-order valence-electron chi connectivity index (χ1n) is 12.2. The molecule has 0 N–H and O–H groups in total. The molecule has 184 valence electrons. The number of aryl methyl sites for hydroxylation is 1. The van der Waals surface area contributed by atoms with Gasteiger partial charge in [0.2, 0.25) is 0 Å². The molecule has 1 aromatic rings. The van der Waals surface area contributed by atoms with Gasteiger partial charge in [0.15, 0.2) is 5.78 Å². The average Bonchev–Trinajstić information content (AvgIpc) is 3.18. The Bertz CT molecular complexity index is 923. The molecule has 1 atom stereocenters. The van der Waals surface area contributed by atoms with Gasteiger partial charge in [-0.1, -0.05) is 37.6 Å². The van der Waals surface area contributed by atoms with Gasteiger partial charge in [0.25, 0.3) is 0 Å².